The van der Waals surface area contributed by atoms with Crippen molar-refractivity contribution in [3.05, 3.63) is 80.5 Å². The number of aryl methyl sites for hydroxylation is 1. The molecule has 2 N–H and O–H groups in total. The number of H-pyrrole nitrogens is 1. The van der Waals surface area contributed by atoms with E-state index >= 15 is 0 Å². The van der Waals surface area contributed by atoms with E-state index in [1.165, 1.54) is 4.57 Å². The molecule has 4 rings (SSSR count). The van der Waals surface area contributed by atoms with Crippen LogP contribution in [-0.4, -0.2) is 69.1 Å². The lowest BCUT2D eigenvalue weighted by atomic mass is 10.1. The van der Waals surface area contributed by atoms with Crippen molar-refractivity contribution in [2.75, 3.05) is 43.8 Å². The van der Waals surface area contributed by atoms with Crippen LogP contribution in [0, 0.1) is 0 Å². The molecule has 1 amide bonds. The van der Waals surface area contributed by atoms with E-state index in [-0.39, 0.29) is 11.5 Å². The molecule has 0 saturated carbocycles. The molecule has 0 bridgehead atoms. The minimum atomic E-state index is -0.466. The maximum absolute atomic E-state index is 12.9. The van der Waals surface area contributed by atoms with Crippen LogP contribution in [0.15, 0.2) is 58.1 Å². The molecule has 0 aliphatic carbocycles. The number of alkyl halides is 1. The zero-order valence-corrected chi connectivity index (χ0v) is 20.6. The van der Waals surface area contributed by atoms with Gasteiger partial charge in [-0.05, 0) is 30.2 Å². The van der Waals surface area contributed by atoms with E-state index in [9.17, 15) is 14.4 Å². The number of carbonyl (C=O) groups excluding carboxylic acids is 1. The van der Waals surface area contributed by atoms with Gasteiger partial charge in [0.2, 0.25) is 0 Å². The summed E-state index contributed by atoms with van der Waals surface area (Å²) < 4.78 is 2.26. The number of hydrogen-bond donors (Lipinski definition) is 2. The average molecular weight is 561 g/mol. The van der Waals surface area contributed by atoms with Crippen LogP contribution >= 0.6 is 22.6 Å². The first kappa shape index (κ1) is 23.7. The van der Waals surface area contributed by atoms with E-state index in [2.05, 4.69) is 42.7 Å². The predicted octanol–water partition coefficient (Wildman–Crippen LogP) is 1.67. The Morgan fingerprint density at radius 3 is 2.42 bits per heavy atom. The van der Waals surface area contributed by atoms with Gasteiger partial charge in [0.15, 0.2) is 0 Å². The van der Waals surface area contributed by atoms with Crippen LogP contribution in [0.4, 0.5) is 0 Å². The van der Waals surface area contributed by atoms with Crippen molar-refractivity contribution >= 4 is 39.4 Å². The molecule has 174 valence electrons. The van der Waals surface area contributed by atoms with Gasteiger partial charge in [0, 0.05) is 51.4 Å². The zero-order chi connectivity index (χ0) is 23.2. The quantitative estimate of drug-likeness (QED) is 0.248. The first-order valence-corrected chi connectivity index (χ1v) is 12.7. The summed E-state index contributed by atoms with van der Waals surface area (Å²) >= 11 is 2.38. The fraction of sp³-hybridized carbons (Fsp3) is 0.375. The van der Waals surface area contributed by atoms with Gasteiger partial charge in [-0.3, -0.25) is 24.0 Å². The van der Waals surface area contributed by atoms with Crippen LogP contribution < -0.4 is 16.6 Å². The van der Waals surface area contributed by atoms with Gasteiger partial charge in [0.25, 0.3) is 11.5 Å². The molecule has 1 aromatic heterocycles. The van der Waals surface area contributed by atoms with Gasteiger partial charge in [-0.25, -0.2) is 4.79 Å². The second kappa shape index (κ2) is 11.1. The van der Waals surface area contributed by atoms with Gasteiger partial charge in [0.1, 0.15) is 0 Å². The van der Waals surface area contributed by atoms with Crippen molar-refractivity contribution < 1.29 is 4.79 Å². The Balaban J connectivity index is 1.39. The van der Waals surface area contributed by atoms with E-state index in [4.69, 9.17) is 0 Å². The number of aromatic amines is 1. The summed E-state index contributed by atoms with van der Waals surface area (Å²) in [6.45, 7) is 5.77. The Kier molecular flexibility index (Phi) is 7.94. The molecule has 0 spiro atoms. The van der Waals surface area contributed by atoms with Gasteiger partial charge in [0.05, 0.1) is 15.5 Å². The van der Waals surface area contributed by atoms with Crippen LogP contribution in [0.3, 0.4) is 0 Å². The maximum Gasteiger partial charge on any atom is 0.328 e. The van der Waals surface area contributed by atoms with Crippen LogP contribution in [0.2, 0.25) is 0 Å². The zero-order valence-electron chi connectivity index (χ0n) is 18.4. The predicted molar refractivity (Wildman–Crippen MR) is 138 cm³/mol. The molecule has 1 fully saturated rings. The van der Waals surface area contributed by atoms with Crippen LogP contribution in [0.25, 0.3) is 10.9 Å². The van der Waals surface area contributed by atoms with Crippen LogP contribution in [0.1, 0.15) is 15.9 Å². The molecule has 0 unspecified atom stereocenters. The molecule has 9 heteroatoms. The second-order valence-electron chi connectivity index (χ2n) is 8.22. The van der Waals surface area contributed by atoms with Gasteiger partial charge in [-0.15, -0.1) is 0 Å². The standard InChI is InChI=1S/C24H28IN5O3/c25-17-29-14-12-28(13-15-29)11-9-26-22(31)19-6-7-20-21(16-19)27-24(33)30(23(20)32)10-8-18-4-2-1-3-5-18/h1-7,16H,8-15,17H2,(H,26,31)(H,27,33). The lowest BCUT2D eigenvalue weighted by Gasteiger charge is -2.33. The molecule has 1 aliphatic rings. The average Bonchev–Trinajstić information content (AvgIpc) is 2.84. The monoisotopic (exact) mass is 561 g/mol. The molecular formula is C24H28IN5O3. The third-order valence-corrected chi connectivity index (χ3v) is 7.02. The number of carbonyl (C=O) groups is 1. The van der Waals surface area contributed by atoms with Crippen molar-refractivity contribution in [3.8, 4) is 0 Å². The highest BCUT2D eigenvalue weighted by molar-refractivity contribution is 14.1. The molecule has 0 radical (unpaired) electrons. The molecule has 3 aromatic rings. The number of fused-ring (bicyclic) bond motifs is 1. The summed E-state index contributed by atoms with van der Waals surface area (Å²) in [6, 6.07) is 14.6. The van der Waals surface area contributed by atoms with Crippen LogP contribution in [0.5, 0.6) is 0 Å². The van der Waals surface area contributed by atoms with E-state index < -0.39 is 5.69 Å². The SMILES string of the molecule is O=C(NCCN1CCN(CI)CC1)c1ccc2c(=O)n(CCc3ccccc3)c(=O)[nH]c2c1. The number of hydrogen-bond acceptors (Lipinski definition) is 5. The summed E-state index contributed by atoms with van der Waals surface area (Å²) in [5, 5.41) is 3.34. The number of aromatic nitrogens is 2. The number of benzene rings is 2. The Hall–Kier alpha value is -2.50. The van der Waals surface area contributed by atoms with Crippen LogP contribution in [-0.2, 0) is 13.0 Å². The molecule has 1 saturated heterocycles. The first-order valence-electron chi connectivity index (χ1n) is 11.1. The fourth-order valence-electron chi connectivity index (χ4n) is 4.05. The fourth-order valence-corrected chi connectivity index (χ4v) is 4.73. The molecule has 2 heterocycles. The molecule has 0 atom stereocenters. The third kappa shape index (κ3) is 5.90. The number of nitrogens with zero attached hydrogens (tertiary/aromatic N) is 3. The summed E-state index contributed by atoms with van der Waals surface area (Å²) in [5.41, 5.74) is 1.05. The Bertz CT molecular complexity index is 1220. The molecule has 8 nitrogen and oxygen atoms in total. The summed E-state index contributed by atoms with van der Waals surface area (Å²) in [7, 11) is 0. The van der Waals surface area contributed by atoms with Gasteiger partial charge in [-0.1, -0.05) is 52.9 Å². The Labute approximate surface area is 205 Å². The summed E-state index contributed by atoms with van der Waals surface area (Å²) in [5.74, 6) is -0.211. The highest BCUT2D eigenvalue weighted by Gasteiger charge is 2.16. The Morgan fingerprint density at radius 2 is 1.70 bits per heavy atom. The van der Waals surface area contributed by atoms with Crippen molar-refractivity contribution in [2.24, 2.45) is 0 Å². The first-order chi connectivity index (χ1) is 16.0. The minimum Gasteiger partial charge on any atom is -0.351 e. The highest BCUT2D eigenvalue weighted by Crippen LogP contribution is 2.10. The maximum atomic E-state index is 12.9. The Morgan fingerprint density at radius 1 is 0.970 bits per heavy atom. The number of piperazine rings is 1. The highest BCUT2D eigenvalue weighted by atomic mass is 127. The van der Waals surface area contributed by atoms with Gasteiger partial charge < -0.3 is 10.3 Å². The second-order valence-corrected chi connectivity index (χ2v) is 8.90. The lowest BCUT2D eigenvalue weighted by molar-refractivity contribution is 0.0941. The third-order valence-electron chi connectivity index (χ3n) is 6.06. The summed E-state index contributed by atoms with van der Waals surface area (Å²) in [6.07, 6.45) is 0.586. The smallest absolute Gasteiger partial charge is 0.328 e. The van der Waals surface area contributed by atoms with Gasteiger partial charge in [-0.2, -0.15) is 0 Å². The molecular weight excluding hydrogens is 533 g/mol. The van der Waals surface area contributed by atoms with Gasteiger partial charge >= 0.3 is 5.69 Å². The van der Waals surface area contributed by atoms with Crippen molar-refractivity contribution in [1.29, 1.82) is 0 Å². The topological polar surface area (TPSA) is 90.4 Å². The lowest BCUT2D eigenvalue weighted by Crippen LogP contribution is -2.47. The molecule has 2 aromatic carbocycles. The van der Waals surface area contributed by atoms with Crippen molar-refractivity contribution in [1.82, 2.24) is 24.7 Å². The molecule has 33 heavy (non-hydrogen) atoms. The minimum absolute atomic E-state index is 0.211. The number of amides is 1. The number of nitrogens with one attached hydrogen (secondary N) is 2. The molecule has 1 aliphatic heterocycles. The normalized spacial score (nSPS) is 15.1. The van der Waals surface area contributed by atoms with E-state index in [1.54, 1.807) is 18.2 Å². The van der Waals surface area contributed by atoms with Crippen molar-refractivity contribution in [2.45, 2.75) is 13.0 Å². The van der Waals surface area contributed by atoms with E-state index in [0.717, 1.165) is 42.8 Å². The van der Waals surface area contributed by atoms with Crippen molar-refractivity contribution in [3.63, 3.8) is 0 Å². The van der Waals surface area contributed by atoms with E-state index in [0.29, 0.717) is 36.0 Å². The largest absolute Gasteiger partial charge is 0.351 e. The van der Waals surface area contributed by atoms with E-state index in [1.807, 2.05) is 30.3 Å². The number of rotatable bonds is 8. The number of halogens is 1. The summed E-state index contributed by atoms with van der Waals surface area (Å²) in [4.78, 5) is 45.5.